The highest BCUT2D eigenvalue weighted by atomic mass is 15.1. The van der Waals surface area contributed by atoms with Crippen LogP contribution in [0.1, 0.15) is 25.3 Å². The van der Waals surface area contributed by atoms with E-state index in [-0.39, 0.29) is 0 Å². The number of likely N-dealkylation sites (N-methyl/N-ethyl adjacent to an activating group) is 1. The standard InChI is InChI=1S/C14H22N2/c1-3-12-7-4-5-9-14(12)16(2)11-13-8-6-10-15-13/h4-5,7,9,13,15H,3,6,8,10-11H2,1-2H3. The van der Waals surface area contributed by atoms with Crippen molar-refractivity contribution in [3.05, 3.63) is 29.8 Å². The summed E-state index contributed by atoms with van der Waals surface area (Å²) in [5, 5.41) is 3.55. The second kappa shape index (κ2) is 5.35. The van der Waals surface area contributed by atoms with Crippen molar-refractivity contribution in [2.75, 3.05) is 25.0 Å². The summed E-state index contributed by atoms with van der Waals surface area (Å²) >= 11 is 0. The molecule has 0 bridgehead atoms. The molecule has 0 spiro atoms. The fourth-order valence-electron chi connectivity index (χ4n) is 2.52. The predicted octanol–water partition coefficient (Wildman–Crippen LogP) is 2.44. The molecule has 16 heavy (non-hydrogen) atoms. The van der Waals surface area contributed by atoms with Crippen LogP contribution in [0, 0.1) is 0 Å². The van der Waals surface area contributed by atoms with Crippen LogP contribution in [0.5, 0.6) is 0 Å². The van der Waals surface area contributed by atoms with Crippen LogP contribution in [0.25, 0.3) is 0 Å². The minimum Gasteiger partial charge on any atom is -0.373 e. The Labute approximate surface area is 98.7 Å². The second-order valence-corrected chi connectivity index (χ2v) is 4.66. The Kier molecular flexibility index (Phi) is 3.83. The number of nitrogens with zero attached hydrogens (tertiary/aromatic N) is 1. The van der Waals surface area contributed by atoms with Gasteiger partial charge in [-0.15, -0.1) is 0 Å². The predicted molar refractivity (Wildman–Crippen MR) is 70.1 cm³/mol. The van der Waals surface area contributed by atoms with Gasteiger partial charge in [-0.1, -0.05) is 25.1 Å². The number of rotatable bonds is 4. The monoisotopic (exact) mass is 218 g/mol. The molecule has 1 heterocycles. The van der Waals surface area contributed by atoms with E-state index < -0.39 is 0 Å². The molecule has 0 radical (unpaired) electrons. The second-order valence-electron chi connectivity index (χ2n) is 4.66. The van der Waals surface area contributed by atoms with Gasteiger partial charge in [-0.05, 0) is 37.4 Å². The van der Waals surface area contributed by atoms with Crippen LogP contribution >= 0.6 is 0 Å². The summed E-state index contributed by atoms with van der Waals surface area (Å²) in [5.41, 5.74) is 2.83. The van der Waals surface area contributed by atoms with Crippen molar-refractivity contribution in [2.45, 2.75) is 32.2 Å². The summed E-state index contributed by atoms with van der Waals surface area (Å²) in [6.07, 6.45) is 3.76. The maximum absolute atomic E-state index is 3.55. The lowest BCUT2D eigenvalue weighted by molar-refractivity contribution is 0.599. The van der Waals surface area contributed by atoms with Crippen LogP contribution in [-0.2, 0) is 6.42 Å². The van der Waals surface area contributed by atoms with Crippen molar-refractivity contribution in [1.29, 1.82) is 0 Å². The molecule has 0 saturated carbocycles. The fraction of sp³-hybridized carbons (Fsp3) is 0.571. The van der Waals surface area contributed by atoms with E-state index in [0.29, 0.717) is 6.04 Å². The van der Waals surface area contributed by atoms with Gasteiger partial charge in [-0.25, -0.2) is 0 Å². The van der Waals surface area contributed by atoms with Crippen LogP contribution in [0.4, 0.5) is 5.69 Å². The van der Waals surface area contributed by atoms with E-state index in [9.17, 15) is 0 Å². The summed E-state index contributed by atoms with van der Waals surface area (Å²) in [4.78, 5) is 2.39. The van der Waals surface area contributed by atoms with Gasteiger partial charge in [-0.3, -0.25) is 0 Å². The van der Waals surface area contributed by atoms with Gasteiger partial charge in [0.25, 0.3) is 0 Å². The molecule has 1 fully saturated rings. The van der Waals surface area contributed by atoms with Gasteiger partial charge in [0.05, 0.1) is 0 Å². The highest BCUT2D eigenvalue weighted by molar-refractivity contribution is 5.53. The van der Waals surface area contributed by atoms with Crippen molar-refractivity contribution in [1.82, 2.24) is 5.32 Å². The molecular formula is C14H22N2. The zero-order valence-electron chi connectivity index (χ0n) is 10.4. The lowest BCUT2D eigenvalue weighted by atomic mass is 10.1. The maximum Gasteiger partial charge on any atom is 0.0396 e. The van der Waals surface area contributed by atoms with E-state index in [2.05, 4.69) is 48.5 Å². The SMILES string of the molecule is CCc1ccccc1N(C)CC1CCCN1. The van der Waals surface area contributed by atoms with E-state index in [1.54, 1.807) is 0 Å². The zero-order chi connectivity index (χ0) is 11.4. The normalized spacial score (nSPS) is 20.0. The highest BCUT2D eigenvalue weighted by Crippen LogP contribution is 2.20. The first-order chi connectivity index (χ1) is 7.81. The molecule has 1 saturated heterocycles. The van der Waals surface area contributed by atoms with Crippen molar-refractivity contribution >= 4 is 5.69 Å². The minimum atomic E-state index is 0.676. The number of benzene rings is 1. The van der Waals surface area contributed by atoms with Crippen LogP contribution in [-0.4, -0.2) is 26.2 Å². The molecule has 1 unspecified atom stereocenters. The number of nitrogens with one attached hydrogen (secondary N) is 1. The Balaban J connectivity index is 2.04. The largest absolute Gasteiger partial charge is 0.373 e. The van der Waals surface area contributed by atoms with Crippen molar-refractivity contribution in [3.8, 4) is 0 Å². The van der Waals surface area contributed by atoms with Gasteiger partial charge >= 0.3 is 0 Å². The number of hydrogen-bond donors (Lipinski definition) is 1. The molecule has 88 valence electrons. The molecule has 1 aromatic carbocycles. The Morgan fingerprint density at radius 1 is 1.38 bits per heavy atom. The number of para-hydroxylation sites is 1. The number of anilines is 1. The molecule has 0 aromatic heterocycles. The maximum atomic E-state index is 3.55. The first kappa shape index (κ1) is 11.5. The minimum absolute atomic E-state index is 0.676. The number of aryl methyl sites for hydroxylation is 1. The van der Waals surface area contributed by atoms with Crippen LogP contribution in [0.15, 0.2) is 24.3 Å². The molecule has 2 heteroatoms. The Morgan fingerprint density at radius 3 is 2.88 bits per heavy atom. The van der Waals surface area contributed by atoms with Crippen LogP contribution in [0.2, 0.25) is 0 Å². The van der Waals surface area contributed by atoms with Crippen molar-refractivity contribution in [2.24, 2.45) is 0 Å². The third-order valence-corrected chi connectivity index (χ3v) is 3.44. The van der Waals surface area contributed by atoms with Crippen molar-refractivity contribution < 1.29 is 0 Å². The summed E-state index contributed by atoms with van der Waals surface area (Å²) < 4.78 is 0. The van der Waals surface area contributed by atoms with Gasteiger partial charge < -0.3 is 10.2 Å². The molecular weight excluding hydrogens is 196 g/mol. The Morgan fingerprint density at radius 2 is 2.19 bits per heavy atom. The molecule has 1 aliphatic heterocycles. The molecule has 0 amide bonds. The van der Waals surface area contributed by atoms with Gasteiger partial charge in [-0.2, -0.15) is 0 Å². The van der Waals surface area contributed by atoms with Gasteiger partial charge in [0.15, 0.2) is 0 Å². The van der Waals surface area contributed by atoms with Crippen LogP contribution in [0.3, 0.4) is 0 Å². The first-order valence-electron chi connectivity index (χ1n) is 6.33. The molecule has 2 rings (SSSR count). The molecule has 0 aliphatic carbocycles. The highest BCUT2D eigenvalue weighted by Gasteiger charge is 2.16. The third-order valence-electron chi connectivity index (χ3n) is 3.44. The average Bonchev–Trinajstić information content (AvgIpc) is 2.81. The van der Waals surface area contributed by atoms with E-state index in [1.807, 2.05) is 0 Å². The van der Waals surface area contributed by atoms with Crippen LogP contribution < -0.4 is 10.2 Å². The molecule has 2 nitrogen and oxygen atoms in total. The summed E-state index contributed by atoms with van der Waals surface area (Å²) in [5.74, 6) is 0. The quantitative estimate of drug-likeness (QED) is 0.835. The molecule has 1 N–H and O–H groups in total. The van der Waals surface area contributed by atoms with Crippen molar-refractivity contribution in [3.63, 3.8) is 0 Å². The van der Waals surface area contributed by atoms with E-state index >= 15 is 0 Å². The summed E-state index contributed by atoms with van der Waals surface area (Å²) in [6, 6.07) is 9.40. The third kappa shape index (κ3) is 2.56. The number of hydrogen-bond acceptors (Lipinski definition) is 2. The topological polar surface area (TPSA) is 15.3 Å². The lowest BCUT2D eigenvalue weighted by Crippen LogP contribution is -2.35. The average molecular weight is 218 g/mol. The summed E-state index contributed by atoms with van der Waals surface area (Å²) in [7, 11) is 2.20. The van der Waals surface area contributed by atoms with Gasteiger partial charge in [0.2, 0.25) is 0 Å². The lowest BCUT2D eigenvalue weighted by Gasteiger charge is -2.25. The fourth-order valence-corrected chi connectivity index (χ4v) is 2.52. The van der Waals surface area contributed by atoms with Gasteiger partial charge in [0.1, 0.15) is 0 Å². The van der Waals surface area contributed by atoms with E-state index in [0.717, 1.165) is 13.0 Å². The smallest absolute Gasteiger partial charge is 0.0396 e. The zero-order valence-corrected chi connectivity index (χ0v) is 10.4. The molecule has 1 atom stereocenters. The van der Waals surface area contributed by atoms with E-state index in [4.69, 9.17) is 0 Å². The first-order valence-corrected chi connectivity index (χ1v) is 6.33. The van der Waals surface area contributed by atoms with E-state index in [1.165, 1.54) is 30.6 Å². The molecule has 1 aliphatic rings. The van der Waals surface area contributed by atoms with Gasteiger partial charge in [0, 0.05) is 25.3 Å². The Hall–Kier alpha value is -1.02. The molecule has 1 aromatic rings. The summed E-state index contributed by atoms with van der Waals surface area (Å²) in [6.45, 7) is 4.53. The Bertz CT molecular complexity index is 329.